The Labute approximate surface area is 180 Å². The summed E-state index contributed by atoms with van der Waals surface area (Å²) in [4.78, 5) is 12.7. The standard InChI is InChI=1S/C22H34N4O3S/c1-15-9-10-17(13-16(15)2)30(28,29)23-12-11-20(27)24-19-14-18(21(3,4)5)25-26(19)22(6,7)8/h9-10,13-14,23H,11-12H2,1-8H3,(H,24,27). The summed E-state index contributed by atoms with van der Waals surface area (Å²) >= 11 is 0. The van der Waals surface area contributed by atoms with Crippen molar-refractivity contribution in [2.24, 2.45) is 0 Å². The Kier molecular flexibility index (Phi) is 6.83. The van der Waals surface area contributed by atoms with E-state index in [4.69, 9.17) is 0 Å². The summed E-state index contributed by atoms with van der Waals surface area (Å²) in [6, 6.07) is 6.85. The van der Waals surface area contributed by atoms with Crippen LogP contribution in [-0.2, 0) is 25.8 Å². The fourth-order valence-corrected chi connectivity index (χ4v) is 3.93. The molecule has 0 spiro atoms. The Morgan fingerprint density at radius 2 is 1.67 bits per heavy atom. The number of aryl methyl sites for hydroxylation is 2. The second-order valence-electron chi connectivity index (χ2n) is 9.69. The third-order valence-corrected chi connectivity index (χ3v) is 6.27. The van der Waals surface area contributed by atoms with E-state index in [-0.39, 0.29) is 34.7 Å². The van der Waals surface area contributed by atoms with Gasteiger partial charge in [0.15, 0.2) is 0 Å². The fourth-order valence-electron chi connectivity index (χ4n) is 2.82. The Hall–Kier alpha value is -2.19. The lowest BCUT2D eigenvalue weighted by molar-refractivity contribution is -0.116. The quantitative estimate of drug-likeness (QED) is 0.722. The molecule has 1 amide bonds. The van der Waals surface area contributed by atoms with Crippen LogP contribution in [0.15, 0.2) is 29.2 Å². The molecule has 0 aliphatic carbocycles. The third kappa shape index (κ3) is 5.92. The second-order valence-corrected chi connectivity index (χ2v) is 11.5. The monoisotopic (exact) mass is 434 g/mol. The summed E-state index contributed by atoms with van der Waals surface area (Å²) < 4.78 is 29.3. The van der Waals surface area contributed by atoms with Gasteiger partial charge in [0.1, 0.15) is 5.82 Å². The normalized spacial score (nSPS) is 12.8. The van der Waals surface area contributed by atoms with Crippen molar-refractivity contribution in [2.45, 2.75) is 77.7 Å². The lowest BCUT2D eigenvalue weighted by Gasteiger charge is -2.23. The Morgan fingerprint density at radius 1 is 1.03 bits per heavy atom. The summed E-state index contributed by atoms with van der Waals surface area (Å²) in [6.07, 6.45) is 0.0181. The number of amides is 1. The van der Waals surface area contributed by atoms with Gasteiger partial charge in [-0.2, -0.15) is 5.10 Å². The number of anilines is 1. The molecule has 0 aliphatic rings. The molecule has 0 radical (unpaired) electrons. The van der Waals surface area contributed by atoms with Gasteiger partial charge in [-0.3, -0.25) is 4.79 Å². The zero-order valence-corrected chi connectivity index (χ0v) is 20.1. The highest BCUT2D eigenvalue weighted by Crippen LogP contribution is 2.28. The number of sulfonamides is 1. The Morgan fingerprint density at radius 3 is 2.20 bits per heavy atom. The molecular formula is C22H34N4O3S. The molecular weight excluding hydrogens is 400 g/mol. The molecule has 2 N–H and O–H groups in total. The minimum Gasteiger partial charge on any atom is -0.311 e. The maximum atomic E-state index is 12.5. The zero-order valence-electron chi connectivity index (χ0n) is 19.3. The lowest BCUT2D eigenvalue weighted by atomic mass is 9.92. The number of hydrogen-bond acceptors (Lipinski definition) is 4. The average molecular weight is 435 g/mol. The van der Waals surface area contributed by atoms with Crippen LogP contribution in [0, 0.1) is 13.8 Å². The number of benzene rings is 1. The van der Waals surface area contributed by atoms with Crippen molar-refractivity contribution in [3.05, 3.63) is 41.1 Å². The SMILES string of the molecule is Cc1ccc(S(=O)(=O)NCCC(=O)Nc2cc(C(C)(C)C)nn2C(C)(C)C)cc1C. The Bertz CT molecular complexity index is 1030. The van der Waals surface area contributed by atoms with Crippen LogP contribution in [-0.4, -0.2) is 30.7 Å². The largest absolute Gasteiger partial charge is 0.311 e. The summed E-state index contributed by atoms with van der Waals surface area (Å²) in [5.74, 6) is 0.332. The van der Waals surface area contributed by atoms with Crippen LogP contribution in [0.25, 0.3) is 0 Å². The second kappa shape index (κ2) is 8.51. The minimum absolute atomic E-state index is 0.0108. The first-order valence-electron chi connectivity index (χ1n) is 10.1. The lowest BCUT2D eigenvalue weighted by Crippen LogP contribution is -2.30. The van der Waals surface area contributed by atoms with E-state index in [1.807, 2.05) is 40.7 Å². The van der Waals surface area contributed by atoms with Crippen molar-refractivity contribution in [3.8, 4) is 0 Å². The third-order valence-electron chi connectivity index (χ3n) is 4.81. The summed E-state index contributed by atoms with van der Waals surface area (Å²) in [5.41, 5.74) is 2.34. The molecule has 1 aromatic carbocycles. The van der Waals surface area contributed by atoms with Crippen molar-refractivity contribution in [1.82, 2.24) is 14.5 Å². The van der Waals surface area contributed by atoms with Crippen molar-refractivity contribution in [1.29, 1.82) is 0 Å². The minimum atomic E-state index is -3.66. The molecule has 0 unspecified atom stereocenters. The molecule has 2 aromatic rings. The molecule has 0 atom stereocenters. The summed E-state index contributed by atoms with van der Waals surface area (Å²) in [6.45, 7) is 16.0. The molecule has 0 fully saturated rings. The number of nitrogens with zero attached hydrogens (tertiary/aromatic N) is 2. The topological polar surface area (TPSA) is 93.1 Å². The number of aromatic nitrogens is 2. The van der Waals surface area contributed by atoms with Crippen LogP contribution in [0.5, 0.6) is 0 Å². The van der Waals surface area contributed by atoms with Gasteiger partial charge in [0, 0.05) is 24.4 Å². The van der Waals surface area contributed by atoms with Crippen LogP contribution >= 0.6 is 0 Å². The average Bonchev–Trinajstić information content (AvgIpc) is 3.01. The highest BCUT2D eigenvalue weighted by atomic mass is 32.2. The summed E-state index contributed by atoms with van der Waals surface area (Å²) in [7, 11) is -3.66. The van der Waals surface area contributed by atoms with E-state index in [2.05, 4.69) is 35.9 Å². The molecule has 30 heavy (non-hydrogen) atoms. The van der Waals surface area contributed by atoms with E-state index >= 15 is 0 Å². The number of nitrogens with one attached hydrogen (secondary N) is 2. The van der Waals surface area contributed by atoms with Gasteiger partial charge < -0.3 is 5.32 Å². The van der Waals surface area contributed by atoms with E-state index in [9.17, 15) is 13.2 Å². The maximum Gasteiger partial charge on any atom is 0.240 e. The molecule has 2 rings (SSSR count). The Balaban J connectivity index is 2.06. The predicted octanol–water partition coefficient (Wildman–Crippen LogP) is 3.86. The smallest absolute Gasteiger partial charge is 0.240 e. The maximum absolute atomic E-state index is 12.5. The van der Waals surface area contributed by atoms with E-state index < -0.39 is 10.0 Å². The highest BCUT2D eigenvalue weighted by Gasteiger charge is 2.25. The van der Waals surface area contributed by atoms with E-state index in [0.29, 0.717) is 5.82 Å². The number of hydrogen-bond donors (Lipinski definition) is 2. The molecule has 7 nitrogen and oxygen atoms in total. The van der Waals surface area contributed by atoms with E-state index in [0.717, 1.165) is 16.8 Å². The van der Waals surface area contributed by atoms with Crippen molar-refractivity contribution >= 4 is 21.7 Å². The van der Waals surface area contributed by atoms with Gasteiger partial charge in [-0.05, 0) is 57.9 Å². The van der Waals surface area contributed by atoms with Gasteiger partial charge in [-0.15, -0.1) is 0 Å². The molecule has 0 aliphatic heterocycles. The van der Waals surface area contributed by atoms with E-state index in [1.54, 1.807) is 22.9 Å². The summed E-state index contributed by atoms with van der Waals surface area (Å²) in [5, 5.41) is 7.55. The first-order valence-corrected chi connectivity index (χ1v) is 11.6. The first kappa shape index (κ1) is 24.1. The first-order chi connectivity index (χ1) is 13.6. The molecule has 0 bridgehead atoms. The van der Waals surface area contributed by atoms with Crippen molar-refractivity contribution in [3.63, 3.8) is 0 Å². The van der Waals surface area contributed by atoms with E-state index in [1.165, 1.54) is 0 Å². The van der Waals surface area contributed by atoms with Gasteiger partial charge in [-0.25, -0.2) is 17.8 Å². The molecule has 166 valence electrons. The van der Waals surface area contributed by atoms with Crippen molar-refractivity contribution < 1.29 is 13.2 Å². The predicted molar refractivity (Wildman–Crippen MR) is 120 cm³/mol. The fraction of sp³-hybridized carbons (Fsp3) is 0.545. The van der Waals surface area contributed by atoms with Crippen LogP contribution in [0.4, 0.5) is 5.82 Å². The zero-order chi connectivity index (χ0) is 22.9. The molecule has 0 saturated heterocycles. The van der Waals surface area contributed by atoms with Gasteiger partial charge >= 0.3 is 0 Å². The molecule has 8 heteroatoms. The van der Waals surface area contributed by atoms with Crippen molar-refractivity contribution in [2.75, 3.05) is 11.9 Å². The van der Waals surface area contributed by atoms with Crippen LogP contribution in [0.1, 0.15) is 64.8 Å². The van der Waals surface area contributed by atoms with Crippen LogP contribution in [0.2, 0.25) is 0 Å². The number of carbonyl (C=O) groups excluding carboxylic acids is 1. The van der Waals surface area contributed by atoms with Gasteiger partial charge in [0.25, 0.3) is 0 Å². The molecule has 0 saturated carbocycles. The number of rotatable bonds is 6. The van der Waals surface area contributed by atoms with Crippen LogP contribution < -0.4 is 10.0 Å². The molecule has 1 aromatic heterocycles. The highest BCUT2D eigenvalue weighted by molar-refractivity contribution is 7.89. The van der Waals surface area contributed by atoms with Gasteiger partial charge in [0.05, 0.1) is 16.1 Å². The van der Waals surface area contributed by atoms with Crippen LogP contribution in [0.3, 0.4) is 0 Å². The molecule has 1 heterocycles. The van der Waals surface area contributed by atoms with Gasteiger partial charge in [-0.1, -0.05) is 26.8 Å². The number of carbonyl (C=O) groups is 1. The van der Waals surface area contributed by atoms with Gasteiger partial charge in [0.2, 0.25) is 15.9 Å².